The quantitative estimate of drug-likeness (QED) is 0.711. The molecule has 0 aromatic carbocycles. The Morgan fingerprint density at radius 1 is 1.38 bits per heavy atom. The normalized spacial score (nSPS) is 17.5. The standard InChI is InChI=1S/C6H7Br3O4/c7-2-6(9,5(12)13)1-3(8)4(10)11/h3H,1-2H2,(H,10,11)(H,12,13). The molecule has 0 aliphatic carbocycles. The van der Waals surface area contributed by atoms with Gasteiger partial charge in [0.25, 0.3) is 0 Å². The third-order valence-electron chi connectivity index (χ3n) is 1.37. The number of rotatable bonds is 5. The first-order valence-corrected chi connectivity index (χ1v) is 6.01. The molecule has 7 heteroatoms. The summed E-state index contributed by atoms with van der Waals surface area (Å²) in [7, 11) is 0. The van der Waals surface area contributed by atoms with Gasteiger partial charge in [0, 0.05) is 5.33 Å². The van der Waals surface area contributed by atoms with Gasteiger partial charge < -0.3 is 10.2 Å². The Kier molecular flexibility index (Phi) is 5.46. The van der Waals surface area contributed by atoms with Gasteiger partial charge in [0.1, 0.15) is 9.15 Å². The van der Waals surface area contributed by atoms with E-state index in [1.807, 2.05) is 0 Å². The molecule has 0 aromatic rings. The van der Waals surface area contributed by atoms with Crippen LogP contribution < -0.4 is 0 Å². The fraction of sp³-hybridized carbons (Fsp3) is 0.667. The zero-order valence-electron chi connectivity index (χ0n) is 6.34. The topological polar surface area (TPSA) is 74.6 Å². The maximum atomic E-state index is 10.7. The molecule has 0 amide bonds. The number of alkyl halides is 3. The summed E-state index contributed by atoms with van der Waals surface area (Å²) in [5.41, 5.74) is 0. The van der Waals surface area contributed by atoms with E-state index in [4.69, 9.17) is 10.2 Å². The Labute approximate surface area is 100 Å². The van der Waals surface area contributed by atoms with Crippen molar-refractivity contribution in [3.63, 3.8) is 0 Å². The summed E-state index contributed by atoms with van der Waals surface area (Å²) in [6.45, 7) is 0. The lowest BCUT2D eigenvalue weighted by molar-refractivity contribution is -0.139. The molecule has 0 heterocycles. The number of carbonyl (C=O) groups is 2. The van der Waals surface area contributed by atoms with Crippen LogP contribution in [0.25, 0.3) is 0 Å². The highest BCUT2D eigenvalue weighted by molar-refractivity contribution is 9.12. The predicted octanol–water partition coefficient (Wildman–Crippen LogP) is 1.84. The van der Waals surface area contributed by atoms with Gasteiger partial charge in [0.05, 0.1) is 0 Å². The van der Waals surface area contributed by atoms with Gasteiger partial charge >= 0.3 is 11.9 Å². The highest BCUT2D eigenvalue weighted by Crippen LogP contribution is 2.29. The average Bonchev–Trinajstić information content (AvgIpc) is 2.03. The lowest BCUT2D eigenvalue weighted by Gasteiger charge is -2.20. The van der Waals surface area contributed by atoms with Gasteiger partial charge in [0.15, 0.2) is 0 Å². The van der Waals surface area contributed by atoms with Crippen molar-refractivity contribution in [3.05, 3.63) is 0 Å². The van der Waals surface area contributed by atoms with E-state index in [1.165, 1.54) is 0 Å². The molecule has 2 N–H and O–H groups in total. The minimum atomic E-state index is -1.24. The molecule has 0 bridgehead atoms. The summed E-state index contributed by atoms with van der Waals surface area (Å²) in [5, 5.41) is 17.5. The highest BCUT2D eigenvalue weighted by Gasteiger charge is 2.38. The molecular formula is C6H7Br3O4. The fourth-order valence-corrected chi connectivity index (χ4v) is 2.35. The van der Waals surface area contributed by atoms with Gasteiger partial charge in [-0.05, 0) is 6.42 Å². The van der Waals surface area contributed by atoms with Crippen molar-refractivity contribution in [2.45, 2.75) is 15.6 Å². The van der Waals surface area contributed by atoms with Crippen molar-refractivity contribution in [2.24, 2.45) is 0 Å². The third kappa shape index (κ3) is 3.95. The van der Waals surface area contributed by atoms with Crippen molar-refractivity contribution in [1.29, 1.82) is 0 Å². The van der Waals surface area contributed by atoms with E-state index >= 15 is 0 Å². The first kappa shape index (κ1) is 13.4. The summed E-state index contributed by atoms with van der Waals surface area (Å²) in [5.74, 6) is -2.17. The second-order valence-corrected chi connectivity index (χ2v) is 5.60. The Morgan fingerprint density at radius 3 is 2.08 bits per heavy atom. The Morgan fingerprint density at radius 2 is 1.85 bits per heavy atom. The second-order valence-electron chi connectivity index (χ2n) is 2.41. The molecule has 2 unspecified atom stereocenters. The summed E-state index contributed by atoms with van der Waals surface area (Å²) in [6.07, 6.45) is -0.0388. The summed E-state index contributed by atoms with van der Waals surface area (Å²) in [4.78, 5) is 20.3. The van der Waals surface area contributed by atoms with Crippen LogP contribution in [0.4, 0.5) is 0 Å². The molecule has 0 aromatic heterocycles. The first-order chi connectivity index (χ1) is 5.83. The first-order valence-electron chi connectivity index (χ1n) is 3.18. The number of halogens is 3. The van der Waals surface area contributed by atoms with Gasteiger partial charge in [-0.3, -0.25) is 9.59 Å². The number of carboxylic acids is 2. The Bertz CT molecular complexity index is 220. The predicted molar refractivity (Wildman–Crippen MR) is 58.1 cm³/mol. The van der Waals surface area contributed by atoms with Gasteiger partial charge in [-0.2, -0.15) is 0 Å². The largest absolute Gasteiger partial charge is 0.480 e. The molecule has 0 radical (unpaired) electrons. The van der Waals surface area contributed by atoms with E-state index in [0.717, 1.165) is 0 Å². The van der Waals surface area contributed by atoms with Crippen LogP contribution >= 0.6 is 47.8 Å². The van der Waals surface area contributed by atoms with Crippen LogP contribution in [0.1, 0.15) is 6.42 Å². The van der Waals surface area contributed by atoms with Crippen LogP contribution in [0.5, 0.6) is 0 Å². The van der Waals surface area contributed by atoms with Crippen molar-refractivity contribution >= 4 is 59.7 Å². The maximum absolute atomic E-state index is 10.7. The Hall–Kier alpha value is 0.380. The van der Waals surface area contributed by atoms with Crippen molar-refractivity contribution in [3.8, 4) is 0 Å². The van der Waals surface area contributed by atoms with Crippen molar-refractivity contribution in [1.82, 2.24) is 0 Å². The minimum absolute atomic E-state index is 0.0388. The zero-order chi connectivity index (χ0) is 10.6. The molecule has 0 fully saturated rings. The SMILES string of the molecule is O=C(O)C(Br)CC(Br)(CBr)C(=O)O. The molecule has 0 spiro atoms. The smallest absolute Gasteiger partial charge is 0.321 e. The molecule has 13 heavy (non-hydrogen) atoms. The monoisotopic (exact) mass is 380 g/mol. The Balaban J connectivity index is 4.45. The van der Waals surface area contributed by atoms with Crippen LogP contribution in [0.3, 0.4) is 0 Å². The molecule has 0 saturated carbocycles. The molecular weight excluding hydrogens is 376 g/mol. The van der Waals surface area contributed by atoms with E-state index < -0.39 is 21.1 Å². The van der Waals surface area contributed by atoms with Gasteiger partial charge in [0.2, 0.25) is 0 Å². The van der Waals surface area contributed by atoms with E-state index in [-0.39, 0.29) is 11.8 Å². The zero-order valence-corrected chi connectivity index (χ0v) is 11.1. The van der Waals surface area contributed by atoms with Crippen molar-refractivity contribution in [2.75, 3.05) is 5.33 Å². The number of hydrogen-bond acceptors (Lipinski definition) is 2. The molecule has 4 nitrogen and oxygen atoms in total. The lowest BCUT2D eigenvalue weighted by Crippen LogP contribution is -2.38. The fourth-order valence-electron chi connectivity index (χ4n) is 0.570. The molecule has 0 aliphatic rings. The van der Waals surface area contributed by atoms with Crippen LogP contribution in [-0.4, -0.2) is 36.6 Å². The minimum Gasteiger partial charge on any atom is -0.480 e. The number of hydrogen-bond donors (Lipinski definition) is 2. The van der Waals surface area contributed by atoms with E-state index in [9.17, 15) is 9.59 Å². The lowest BCUT2D eigenvalue weighted by atomic mass is 10.1. The molecule has 0 saturated heterocycles. The van der Waals surface area contributed by atoms with Crippen LogP contribution in [0.2, 0.25) is 0 Å². The van der Waals surface area contributed by atoms with Crippen LogP contribution in [-0.2, 0) is 9.59 Å². The number of aliphatic carboxylic acids is 2. The van der Waals surface area contributed by atoms with E-state index in [2.05, 4.69) is 47.8 Å². The average molecular weight is 383 g/mol. The van der Waals surface area contributed by atoms with Crippen LogP contribution in [0, 0.1) is 0 Å². The molecule has 2 atom stereocenters. The summed E-state index contributed by atoms with van der Waals surface area (Å²) >= 11 is 8.86. The van der Waals surface area contributed by atoms with Crippen molar-refractivity contribution < 1.29 is 19.8 Å². The van der Waals surface area contributed by atoms with Gasteiger partial charge in [-0.25, -0.2) is 0 Å². The highest BCUT2D eigenvalue weighted by atomic mass is 79.9. The molecule has 0 aliphatic heterocycles. The van der Waals surface area contributed by atoms with Gasteiger partial charge in [-0.15, -0.1) is 0 Å². The molecule has 0 rings (SSSR count). The summed E-state index contributed by atoms with van der Waals surface area (Å²) < 4.78 is -1.24. The van der Waals surface area contributed by atoms with Gasteiger partial charge in [-0.1, -0.05) is 47.8 Å². The molecule has 76 valence electrons. The summed E-state index contributed by atoms with van der Waals surface area (Å²) in [6, 6.07) is 0. The maximum Gasteiger partial charge on any atom is 0.321 e. The second kappa shape index (κ2) is 5.31. The van der Waals surface area contributed by atoms with Crippen LogP contribution in [0.15, 0.2) is 0 Å². The van der Waals surface area contributed by atoms with E-state index in [1.54, 1.807) is 0 Å². The van der Waals surface area contributed by atoms with E-state index in [0.29, 0.717) is 0 Å². The number of carboxylic acid groups (broad SMARTS) is 2. The third-order valence-corrected chi connectivity index (χ3v) is 4.73.